The van der Waals surface area contributed by atoms with Crippen LogP contribution in [0.4, 0.5) is 0 Å². The lowest BCUT2D eigenvalue weighted by atomic mass is 9.95. The predicted octanol–water partition coefficient (Wildman–Crippen LogP) is 0.805. The van der Waals surface area contributed by atoms with Crippen molar-refractivity contribution in [1.82, 2.24) is 5.32 Å². The molecule has 0 spiro atoms. The minimum absolute atomic E-state index is 0.0193. The number of rotatable bonds is 8. The van der Waals surface area contributed by atoms with E-state index in [0.29, 0.717) is 0 Å². The molecule has 0 radical (unpaired) electrons. The van der Waals surface area contributed by atoms with E-state index in [4.69, 9.17) is 15.2 Å². The SMILES string of the molecule is CC(C)(COCNC(=O)CN)C(=O)OCc1ccccc1. The summed E-state index contributed by atoms with van der Waals surface area (Å²) in [5, 5.41) is 2.46. The van der Waals surface area contributed by atoms with Crippen LogP contribution < -0.4 is 11.1 Å². The van der Waals surface area contributed by atoms with E-state index in [2.05, 4.69) is 5.32 Å². The molecule has 0 atom stereocenters. The van der Waals surface area contributed by atoms with Gasteiger partial charge in [0.25, 0.3) is 0 Å². The number of ether oxygens (including phenoxy) is 2. The van der Waals surface area contributed by atoms with E-state index >= 15 is 0 Å². The highest BCUT2D eigenvalue weighted by atomic mass is 16.5. The Morgan fingerprint density at radius 1 is 1.24 bits per heavy atom. The van der Waals surface area contributed by atoms with Crippen LogP contribution in [0.5, 0.6) is 0 Å². The third-order valence-electron chi connectivity index (χ3n) is 2.79. The van der Waals surface area contributed by atoms with E-state index in [-0.39, 0.29) is 38.4 Å². The molecular weight excluding hydrogens is 272 g/mol. The second-order valence-corrected chi connectivity index (χ2v) is 5.24. The fourth-order valence-corrected chi connectivity index (χ4v) is 1.49. The highest BCUT2D eigenvalue weighted by molar-refractivity contribution is 5.77. The van der Waals surface area contributed by atoms with Crippen LogP contribution in [0.25, 0.3) is 0 Å². The van der Waals surface area contributed by atoms with Crippen LogP contribution in [0.1, 0.15) is 19.4 Å². The summed E-state index contributed by atoms with van der Waals surface area (Å²) >= 11 is 0. The highest BCUT2D eigenvalue weighted by Gasteiger charge is 2.29. The van der Waals surface area contributed by atoms with Crippen molar-refractivity contribution in [2.45, 2.75) is 20.5 Å². The molecule has 1 aromatic rings. The third kappa shape index (κ3) is 6.37. The summed E-state index contributed by atoms with van der Waals surface area (Å²) in [6, 6.07) is 9.45. The van der Waals surface area contributed by atoms with Crippen LogP contribution in [0.15, 0.2) is 30.3 Å². The van der Waals surface area contributed by atoms with E-state index in [1.54, 1.807) is 13.8 Å². The maximum atomic E-state index is 12.0. The lowest BCUT2D eigenvalue weighted by molar-refractivity contribution is -0.159. The Kier molecular flexibility index (Phi) is 6.84. The summed E-state index contributed by atoms with van der Waals surface area (Å²) < 4.78 is 10.5. The zero-order valence-electron chi connectivity index (χ0n) is 12.4. The van der Waals surface area contributed by atoms with Gasteiger partial charge in [0.2, 0.25) is 5.91 Å². The third-order valence-corrected chi connectivity index (χ3v) is 2.79. The van der Waals surface area contributed by atoms with Gasteiger partial charge in [-0.1, -0.05) is 30.3 Å². The predicted molar refractivity (Wildman–Crippen MR) is 78.0 cm³/mol. The Morgan fingerprint density at radius 2 is 1.90 bits per heavy atom. The Bertz CT molecular complexity index is 460. The molecule has 6 heteroatoms. The minimum Gasteiger partial charge on any atom is -0.460 e. The molecule has 3 N–H and O–H groups in total. The molecular formula is C15H22N2O4. The Hall–Kier alpha value is -1.92. The average molecular weight is 294 g/mol. The summed E-state index contributed by atoms with van der Waals surface area (Å²) in [7, 11) is 0. The largest absolute Gasteiger partial charge is 0.460 e. The number of benzene rings is 1. The second-order valence-electron chi connectivity index (χ2n) is 5.24. The lowest BCUT2D eigenvalue weighted by Crippen LogP contribution is -2.36. The summed E-state index contributed by atoms with van der Waals surface area (Å²) in [5.41, 5.74) is 5.28. The van der Waals surface area contributed by atoms with Gasteiger partial charge in [-0.15, -0.1) is 0 Å². The van der Waals surface area contributed by atoms with E-state index in [1.807, 2.05) is 30.3 Å². The first-order chi connectivity index (χ1) is 9.95. The number of hydrogen-bond donors (Lipinski definition) is 2. The van der Waals surface area contributed by atoms with Gasteiger partial charge in [0.05, 0.1) is 18.6 Å². The quantitative estimate of drug-likeness (QED) is 0.420. The van der Waals surface area contributed by atoms with Crippen molar-refractivity contribution in [3.05, 3.63) is 35.9 Å². The fourth-order valence-electron chi connectivity index (χ4n) is 1.49. The van der Waals surface area contributed by atoms with E-state index in [0.717, 1.165) is 5.56 Å². The average Bonchev–Trinajstić information content (AvgIpc) is 2.49. The van der Waals surface area contributed by atoms with E-state index in [9.17, 15) is 9.59 Å². The summed E-state index contributed by atoms with van der Waals surface area (Å²) in [5.74, 6) is -0.657. The Morgan fingerprint density at radius 3 is 2.52 bits per heavy atom. The van der Waals surface area contributed by atoms with Crippen LogP contribution in [-0.2, 0) is 25.7 Å². The molecule has 0 fully saturated rings. The van der Waals surface area contributed by atoms with Crippen LogP contribution in [0, 0.1) is 5.41 Å². The molecule has 21 heavy (non-hydrogen) atoms. The molecule has 0 aliphatic heterocycles. The molecule has 0 saturated carbocycles. The number of esters is 1. The Labute approximate surface area is 124 Å². The summed E-state index contributed by atoms with van der Waals surface area (Å²) in [6.07, 6.45) is 0. The van der Waals surface area contributed by atoms with Crippen LogP contribution in [-0.4, -0.2) is 31.8 Å². The normalized spacial score (nSPS) is 11.0. The molecule has 0 aliphatic carbocycles. The van der Waals surface area contributed by atoms with Gasteiger partial charge in [0, 0.05) is 0 Å². The summed E-state index contributed by atoms with van der Waals surface area (Å²) in [6.45, 7) is 3.76. The van der Waals surface area contributed by atoms with Crippen LogP contribution in [0.2, 0.25) is 0 Å². The summed E-state index contributed by atoms with van der Waals surface area (Å²) in [4.78, 5) is 22.9. The van der Waals surface area contributed by atoms with Crippen molar-refractivity contribution in [2.75, 3.05) is 19.9 Å². The first-order valence-corrected chi connectivity index (χ1v) is 6.71. The number of nitrogens with two attached hydrogens (primary N) is 1. The number of amides is 1. The molecule has 0 bridgehead atoms. The first kappa shape index (κ1) is 17.1. The van der Waals surface area contributed by atoms with Crippen LogP contribution in [0.3, 0.4) is 0 Å². The second kappa shape index (κ2) is 8.39. The van der Waals surface area contributed by atoms with Gasteiger partial charge in [0.1, 0.15) is 13.3 Å². The monoisotopic (exact) mass is 294 g/mol. The molecule has 116 valence electrons. The maximum absolute atomic E-state index is 12.0. The van der Waals surface area contributed by atoms with Gasteiger partial charge in [-0.2, -0.15) is 0 Å². The van der Waals surface area contributed by atoms with Crippen molar-refractivity contribution in [3.8, 4) is 0 Å². The van der Waals surface area contributed by atoms with Gasteiger partial charge in [-0.3, -0.25) is 9.59 Å². The van der Waals surface area contributed by atoms with Crippen molar-refractivity contribution < 1.29 is 19.1 Å². The van der Waals surface area contributed by atoms with Gasteiger partial charge < -0.3 is 20.5 Å². The molecule has 0 aromatic heterocycles. The molecule has 0 heterocycles. The number of carbonyl (C=O) groups is 2. The number of hydrogen-bond acceptors (Lipinski definition) is 5. The van der Waals surface area contributed by atoms with E-state index in [1.165, 1.54) is 0 Å². The van der Waals surface area contributed by atoms with Crippen molar-refractivity contribution >= 4 is 11.9 Å². The van der Waals surface area contributed by atoms with Crippen molar-refractivity contribution in [3.63, 3.8) is 0 Å². The maximum Gasteiger partial charge on any atom is 0.314 e. The molecule has 0 unspecified atom stereocenters. The number of nitrogens with one attached hydrogen (secondary N) is 1. The van der Waals surface area contributed by atoms with Crippen molar-refractivity contribution in [1.29, 1.82) is 0 Å². The first-order valence-electron chi connectivity index (χ1n) is 6.71. The standard InChI is InChI=1S/C15H22N2O4/c1-15(2,10-20-11-17-13(18)8-16)14(19)21-9-12-6-4-3-5-7-12/h3-7H,8-11,16H2,1-2H3,(H,17,18). The van der Waals surface area contributed by atoms with Gasteiger partial charge in [-0.05, 0) is 19.4 Å². The lowest BCUT2D eigenvalue weighted by Gasteiger charge is -2.22. The zero-order valence-corrected chi connectivity index (χ0v) is 12.4. The van der Waals surface area contributed by atoms with Gasteiger partial charge >= 0.3 is 5.97 Å². The molecule has 6 nitrogen and oxygen atoms in total. The van der Waals surface area contributed by atoms with E-state index < -0.39 is 5.41 Å². The van der Waals surface area contributed by atoms with Crippen molar-refractivity contribution in [2.24, 2.45) is 11.1 Å². The molecule has 0 saturated heterocycles. The van der Waals surface area contributed by atoms with Gasteiger partial charge in [-0.25, -0.2) is 0 Å². The molecule has 1 aromatic carbocycles. The molecule has 1 amide bonds. The highest BCUT2D eigenvalue weighted by Crippen LogP contribution is 2.18. The topological polar surface area (TPSA) is 90.6 Å². The van der Waals surface area contributed by atoms with Gasteiger partial charge in [0.15, 0.2) is 0 Å². The molecule has 1 rings (SSSR count). The Balaban J connectivity index is 2.32. The smallest absolute Gasteiger partial charge is 0.314 e. The minimum atomic E-state index is -0.789. The zero-order chi connectivity index (χ0) is 15.7. The molecule has 0 aliphatic rings. The van der Waals surface area contributed by atoms with Crippen LogP contribution >= 0.6 is 0 Å². The fraction of sp³-hybridized carbons (Fsp3) is 0.467. The number of carbonyl (C=O) groups excluding carboxylic acids is 2.